The summed E-state index contributed by atoms with van der Waals surface area (Å²) >= 11 is 0. The van der Waals surface area contributed by atoms with Crippen LogP contribution in [0.2, 0.25) is 0 Å². The second-order valence-electron chi connectivity index (χ2n) is 7.06. The van der Waals surface area contributed by atoms with Gasteiger partial charge in [0.25, 0.3) is 0 Å². The molecule has 6 nitrogen and oxygen atoms in total. The normalized spacial score (nSPS) is 27.2. The third kappa shape index (κ3) is 3.53. The predicted octanol–water partition coefficient (Wildman–Crippen LogP) is 1.54. The van der Waals surface area contributed by atoms with Crippen LogP contribution in [0.25, 0.3) is 0 Å². The van der Waals surface area contributed by atoms with Crippen molar-refractivity contribution in [2.75, 3.05) is 24.5 Å². The van der Waals surface area contributed by atoms with E-state index in [9.17, 15) is 9.59 Å². The number of carbonyl (C=O) groups excluding carboxylic acids is 2. The van der Waals surface area contributed by atoms with Gasteiger partial charge in [-0.3, -0.25) is 4.79 Å². The molecule has 1 aromatic carbocycles. The molecule has 0 bridgehead atoms. The van der Waals surface area contributed by atoms with Gasteiger partial charge in [0.05, 0.1) is 5.54 Å². The van der Waals surface area contributed by atoms with E-state index >= 15 is 0 Å². The van der Waals surface area contributed by atoms with Gasteiger partial charge in [-0.25, -0.2) is 4.79 Å². The van der Waals surface area contributed by atoms with Crippen LogP contribution in [0.5, 0.6) is 0 Å². The van der Waals surface area contributed by atoms with E-state index in [0.29, 0.717) is 13.0 Å². The van der Waals surface area contributed by atoms with Crippen LogP contribution in [0.1, 0.15) is 31.7 Å². The first-order valence-electron chi connectivity index (χ1n) is 8.65. The van der Waals surface area contributed by atoms with E-state index in [1.165, 1.54) is 0 Å². The zero-order chi connectivity index (χ0) is 17.2. The van der Waals surface area contributed by atoms with E-state index in [0.717, 1.165) is 37.2 Å². The molecule has 0 aromatic heterocycles. The summed E-state index contributed by atoms with van der Waals surface area (Å²) < 4.78 is 0. The molecule has 2 atom stereocenters. The zero-order valence-corrected chi connectivity index (χ0v) is 14.4. The van der Waals surface area contributed by atoms with E-state index in [4.69, 9.17) is 0 Å². The van der Waals surface area contributed by atoms with Crippen LogP contribution in [0, 0.1) is 6.92 Å². The first-order chi connectivity index (χ1) is 11.5. The molecule has 0 radical (unpaired) electrons. The van der Waals surface area contributed by atoms with E-state index in [-0.39, 0.29) is 17.5 Å². The van der Waals surface area contributed by atoms with Gasteiger partial charge in [-0.05, 0) is 51.3 Å². The maximum Gasteiger partial charge on any atom is 0.315 e. The molecule has 0 saturated carbocycles. The van der Waals surface area contributed by atoms with Crippen LogP contribution >= 0.6 is 0 Å². The van der Waals surface area contributed by atoms with Gasteiger partial charge in [0.15, 0.2) is 0 Å². The fraction of sp³-hybridized carbons (Fsp3) is 0.556. The number of urea groups is 1. The Morgan fingerprint density at radius 3 is 2.88 bits per heavy atom. The number of nitrogens with one attached hydrogen (secondary N) is 3. The molecule has 2 fully saturated rings. The summed E-state index contributed by atoms with van der Waals surface area (Å²) in [5, 5.41) is 9.12. The first-order valence-corrected chi connectivity index (χ1v) is 8.65. The molecule has 3 N–H and O–H groups in total. The Bertz CT molecular complexity index is 625. The van der Waals surface area contributed by atoms with Crippen molar-refractivity contribution in [2.45, 2.75) is 44.7 Å². The Kier molecular flexibility index (Phi) is 4.76. The van der Waals surface area contributed by atoms with Gasteiger partial charge in [-0.2, -0.15) is 0 Å². The van der Waals surface area contributed by atoms with Crippen molar-refractivity contribution in [3.8, 4) is 0 Å². The van der Waals surface area contributed by atoms with Crippen molar-refractivity contribution in [2.24, 2.45) is 0 Å². The van der Waals surface area contributed by atoms with Crippen molar-refractivity contribution >= 4 is 17.6 Å². The molecule has 2 heterocycles. The molecule has 2 aliphatic heterocycles. The summed E-state index contributed by atoms with van der Waals surface area (Å²) in [6, 6.07) is 7.14. The van der Waals surface area contributed by atoms with E-state index in [2.05, 4.69) is 16.0 Å². The van der Waals surface area contributed by atoms with Gasteiger partial charge in [0.2, 0.25) is 5.91 Å². The standard InChI is InChI=1S/C18H26N4O2/c1-13-6-3-4-8-15(13)22-11-5-7-14(16(22)23)20-17(24)21-18(2)9-10-19-12-18/h3-4,6,8,14,19H,5,7,9-12H2,1-2H3,(H2,20,21,24). The number of amides is 3. The van der Waals surface area contributed by atoms with E-state index in [1.807, 2.05) is 38.1 Å². The summed E-state index contributed by atoms with van der Waals surface area (Å²) in [5.41, 5.74) is 1.76. The summed E-state index contributed by atoms with van der Waals surface area (Å²) in [6.07, 6.45) is 2.46. The molecule has 3 amide bonds. The fourth-order valence-corrected chi connectivity index (χ4v) is 3.51. The summed E-state index contributed by atoms with van der Waals surface area (Å²) in [4.78, 5) is 26.9. The van der Waals surface area contributed by atoms with Gasteiger partial charge in [-0.1, -0.05) is 18.2 Å². The number of benzene rings is 1. The number of aryl methyl sites for hydroxylation is 1. The van der Waals surface area contributed by atoms with Crippen LogP contribution in [-0.2, 0) is 4.79 Å². The number of rotatable bonds is 3. The molecule has 2 aliphatic rings. The summed E-state index contributed by atoms with van der Waals surface area (Å²) in [6.45, 7) is 6.38. The number of anilines is 1. The lowest BCUT2D eigenvalue weighted by molar-refractivity contribution is -0.121. The molecular formula is C18H26N4O2. The Morgan fingerprint density at radius 1 is 1.38 bits per heavy atom. The average molecular weight is 330 g/mol. The highest BCUT2D eigenvalue weighted by Crippen LogP contribution is 2.24. The Labute approximate surface area is 143 Å². The minimum absolute atomic E-state index is 0.0274. The summed E-state index contributed by atoms with van der Waals surface area (Å²) in [7, 11) is 0. The van der Waals surface area contributed by atoms with Crippen LogP contribution in [0.15, 0.2) is 24.3 Å². The smallest absolute Gasteiger partial charge is 0.315 e. The van der Waals surface area contributed by atoms with Crippen molar-refractivity contribution in [3.05, 3.63) is 29.8 Å². The number of hydrogen-bond acceptors (Lipinski definition) is 3. The highest BCUT2D eigenvalue weighted by atomic mass is 16.2. The predicted molar refractivity (Wildman–Crippen MR) is 94.1 cm³/mol. The van der Waals surface area contributed by atoms with Crippen molar-refractivity contribution in [1.29, 1.82) is 0 Å². The van der Waals surface area contributed by atoms with Crippen LogP contribution < -0.4 is 20.9 Å². The second kappa shape index (κ2) is 6.81. The van der Waals surface area contributed by atoms with Gasteiger partial charge >= 0.3 is 6.03 Å². The number of carbonyl (C=O) groups is 2. The molecule has 1 aromatic rings. The minimum atomic E-state index is -0.462. The van der Waals surface area contributed by atoms with Gasteiger partial charge in [0.1, 0.15) is 6.04 Å². The number of nitrogens with zero attached hydrogens (tertiary/aromatic N) is 1. The zero-order valence-electron chi connectivity index (χ0n) is 14.4. The monoisotopic (exact) mass is 330 g/mol. The second-order valence-corrected chi connectivity index (χ2v) is 7.06. The lowest BCUT2D eigenvalue weighted by Gasteiger charge is -2.34. The van der Waals surface area contributed by atoms with Crippen LogP contribution in [-0.4, -0.2) is 43.2 Å². The third-order valence-corrected chi connectivity index (χ3v) is 4.93. The van der Waals surface area contributed by atoms with E-state index < -0.39 is 6.04 Å². The first kappa shape index (κ1) is 16.8. The summed E-state index contributed by atoms with van der Waals surface area (Å²) in [5.74, 6) is -0.0274. The number of hydrogen-bond donors (Lipinski definition) is 3. The molecule has 2 saturated heterocycles. The molecule has 6 heteroatoms. The van der Waals surface area contributed by atoms with Gasteiger partial charge < -0.3 is 20.9 Å². The third-order valence-electron chi connectivity index (χ3n) is 4.93. The highest BCUT2D eigenvalue weighted by molar-refractivity contribution is 6.00. The van der Waals surface area contributed by atoms with Crippen molar-refractivity contribution in [3.63, 3.8) is 0 Å². The lowest BCUT2D eigenvalue weighted by Crippen LogP contribution is -2.58. The van der Waals surface area contributed by atoms with Gasteiger partial charge in [-0.15, -0.1) is 0 Å². The van der Waals surface area contributed by atoms with Gasteiger partial charge in [0, 0.05) is 18.8 Å². The molecule has 0 aliphatic carbocycles. The van der Waals surface area contributed by atoms with Crippen molar-refractivity contribution in [1.82, 2.24) is 16.0 Å². The van der Waals surface area contributed by atoms with Crippen molar-refractivity contribution < 1.29 is 9.59 Å². The van der Waals surface area contributed by atoms with Crippen LogP contribution in [0.4, 0.5) is 10.5 Å². The topological polar surface area (TPSA) is 73.5 Å². The minimum Gasteiger partial charge on any atom is -0.332 e. The SMILES string of the molecule is Cc1ccccc1N1CCCC(NC(=O)NC2(C)CCNC2)C1=O. The Hall–Kier alpha value is -2.08. The Balaban J connectivity index is 1.65. The number of piperidine rings is 1. The molecule has 24 heavy (non-hydrogen) atoms. The average Bonchev–Trinajstić information content (AvgIpc) is 2.96. The molecular weight excluding hydrogens is 304 g/mol. The molecule has 2 unspecified atom stereocenters. The maximum absolute atomic E-state index is 12.8. The molecule has 130 valence electrons. The maximum atomic E-state index is 12.8. The molecule has 0 spiro atoms. The lowest BCUT2D eigenvalue weighted by atomic mass is 10.0. The number of para-hydroxylation sites is 1. The highest BCUT2D eigenvalue weighted by Gasteiger charge is 2.34. The quantitative estimate of drug-likeness (QED) is 0.787. The Morgan fingerprint density at radius 2 is 2.17 bits per heavy atom. The largest absolute Gasteiger partial charge is 0.332 e. The molecule has 3 rings (SSSR count). The van der Waals surface area contributed by atoms with E-state index in [1.54, 1.807) is 4.90 Å². The van der Waals surface area contributed by atoms with Crippen LogP contribution in [0.3, 0.4) is 0 Å². The fourth-order valence-electron chi connectivity index (χ4n) is 3.51.